The number of benzene rings is 2. The van der Waals surface area contributed by atoms with E-state index in [9.17, 15) is 4.79 Å². The van der Waals surface area contributed by atoms with E-state index in [0.717, 1.165) is 32.2 Å². The van der Waals surface area contributed by atoms with Crippen molar-refractivity contribution in [2.45, 2.75) is 96.3 Å². The SMILES string of the molecule is CCn1c2ccccc2c2cc(CN(C(=O)NC3CCCCC3)C3CCCCC3)ccc21. The number of nitrogens with zero attached hydrogens (tertiary/aromatic N) is 2. The zero-order valence-electron chi connectivity index (χ0n) is 19.5. The molecule has 2 fully saturated rings. The maximum atomic E-state index is 13.5. The molecule has 2 aromatic carbocycles. The van der Waals surface area contributed by atoms with Crippen LogP contribution in [0.25, 0.3) is 21.8 Å². The molecule has 4 nitrogen and oxygen atoms in total. The van der Waals surface area contributed by atoms with Crippen LogP contribution in [0.1, 0.15) is 76.7 Å². The van der Waals surface area contributed by atoms with Crippen LogP contribution < -0.4 is 5.32 Å². The molecule has 0 radical (unpaired) electrons. The summed E-state index contributed by atoms with van der Waals surface area (Å²) in [6.07, 6.45) is 12.1. The highest BCUT2D eigenvalue weighted by Gasteiger charge is 2.27. The maximum absolute atomic E-state index is 13.5. The number of rotatable bonds is 5. The number of hydrogen-bond acceptors (Lipinski definition) is 1. The molecule has 0 bridgehead atoms. The van der Waals surface area contributed by atoms with Gasteiger partial charge in [0.1, 0.15) is 0 Å². The fourth-order valence-corrected chi connectivity index (χ4v) is 6.00. The first-order valence-corrected chi connectivity index (χ1v) is 12.8. The topological polar surface area (TPSA) is 37.3 Å². The van der Waals surface area contributed by atoms with Gasteiger partial charge in [-0.25, -0.2) is 4.79 Å². The average molecular weight is 432 g/mol. The van der Waals surface area contributed by atoms with E-state index < -0.39 is 0 Å². The van der Waals surface area contributed by atoms with Gasteiger partial charge in [0.25, 0.3) is 0 Å². The van der Waals surface area contributed by atoms with Crippen molar-refractivity contribution in [3.8, 4) is 0 Å². The maximum Gasteiger partial charge on any atom is 0.318 e. The number of hydrogen-bond donors (Lipinski definition) is 1. The lowest BCUT2D eigenvalue weighted by molar-refractivity contribution is 0.145. The van der Waals surface area contributed by atoms with Crippen molar-refractivity contribution in [1.82, 2.24) is 14.8 Å². The molecule has 0 atom stereocenters. The summed E-state index contributed by atoms with van der Waals surface area (Å²) in [5.41, 5.74) is 3.82. The van der Waals surface area contributed by atoms with Crippen molar-refractivity contribution in [2.75, 3.05) is 0 Å². The minimum absolute atomic E-state index is 0.153. The molecule has 0 spiro atoms. The van der Waals surface area contributed by atoms with E-state index in [0.29, 0.717) is 18.6 Å². The molecule has 2 aliphatic carbocycles. The molecule has 3 aromatic rings. The summed E-state index contributed by atoms with van der Waals surface area (Å²) < 4.78 is 2.39. The van der Waals surface area contributed by atoms with Crippen LogP contribution in [-0.4, -0.2) is 27.6 Å². The Labute approximate surface area is 192 Å². The Morgan fingerprint density at radius 2 is 1.59 bits per heavy atom. The van der Waals surface area contributed by atoms with Crippen molar-refractivity contribution < 1.29 is 4.79 Å². The van der Waals surface area contributed by atoms with E-state index in [-0.39, 0.29) is 6.03 Å². The third-order valence-electron chi connectivity index (χ3n) is 7.72. The Bertz CT molecular complexity index is 1070. The number of para-hydroxylation sites is 1. The van der Waals surface area contributed by atoms with Gasteiger partial charge in [-0.15, -0.1) is 0 Å². The molecule has 4 heteroatoms. The third-order valence-corrected chi connectivity index (χ3v) is 7.72. The van der Waals surface area contributed by atoms with Gasteiger partial charge in [0.2, 0.25) is 0 Å². The van der Waals surface area contributed by atoms with Gasteiger partial charge < -0.3 is 14.8 Å². The first-order chi connectivity index (χ1) is 15.7. The summed E-state index contributed by atoms with van der Waals surface area (Å²) in [7, 11) is 0. The fraction of sp³-hybridized carbons (Fsp3) is 0.536. The number of carbonyl (C=O) groups is 1. The van der Waals surface area contributed by atoms with E-state index in [2.05, 4.69) is 64.2 Å². The van der Waals surface area contributed by atoms with Gasteiger partial charge in [-0.2, -0.15) is 0 Å². The lowest BCUT2D eigenvalue weighted by Gasteiger charge is -2.36. The Hall–Kier alpha value is -2.49. The minimum atomic E-state index is 0.153. The van der Waals surface area contributed by atoms with E-state index in [4.69, 9.17) is 0 Å². The Balaban J connectivity index is 1.44. The quantitative estimate of drug-likeness (QED) is 0.464. The van der Waals surface area contributed by atoms with Crippen LogP contribution in [-0.2, 0) is 13.1 Å². The van der Waals surface area contributed by atoms with Crippen LogP contribution >= 0.6 is 0 Å². The molecule has 1 N–H and O–H groups in total. The number of aryl methyl sites for hydroxylation is 1. The summed E-state index contributed by atoms with van der Waals surface area (Å²) in [4.78, 5) is 15.6. The Morgan fingerprint density at radius 3 is 2.34 bits per heavy atom. The molecular formula is C28H37N3O. The zero-order valence-corrected chi connectivity index (χ0v) is 19.5. The van der Waals surface area contributed by atoms with Crippen molar-refractivity contribution in [3.63, 3.8) is 0 Å². The second-order valence-corrected chi connectivity index (χ2v) is 9.82. The second kappa shape index (κ2) is 9.56. The summed E-state index contributed by atoms with van der Waals surface area (Å²) in [6.45, 7) is 3.87. The number of urea groups is 1. The van der Waals surface area contributed by atoms with E-state index in [1.54, 1.807) is 0 Å². The normalized spacial score (nSPS) is 18.3. The van der Waals surface area contributed by atoms with E-state index >= 15 is 0 Å². The fourth-order valence-electron chi connectivity index (χ4n) is 6.00. The highest BCUT2D eigenvalue weighted by molar-refractivity contribution is 6.08. The number of nitrogens with one attached hydrogen (secondary N) is 1. The molecule has 32 heavy (non-hydrogen) atoms. The molecule has 2 amide bonds. The molecule has 0 unspecified atom stereocenters. The summed E-state index contributed by atoms with van der Waals surface area (Å²) in [5, 5.41) is 6.01. The van der Waals surface area contributed by atoms with Gasteiger partial charge in [-0.1, -0.05) is 62.8 Å². The summed E-state index contributed by atoms with van der Waals surface area (Å²) >= 11 is 0. The smallest absolute Gasteiger partial charge is 0.318 e. The van der Waals surface area contributed by atoms with Crippen molar-refractivity contribution >= 4 is 27.8 Å². The zero-order chi connectivity index (χ0) is 21.9. The summed E-state index contributed by atoms with van der Waals surface area (Å²) in [6, 6.07) is 16.4. The molecule has 2 aliphatic rings. The monoisotopic (exact) mass is 431 g/mol. The molecule has 2 saturated carbocycles. The van der Waals surface area contributed by atoms with Crippen molar-refractivity contribution in [2.24, 2.45) is 0 Å². The molecule has 0 aliphatic heterocycles. The molecule has 170 valence electrons. The average Bonchev–Trinajstić information content (AvgIpc) is 3.16. The molecular weight excluding hydrogens is 394 g/mol. The standard InChI is InChI=1S/C28H37N3O/c1-2-30-26-16-10-9-15-24(26)25-19-21(17-18-27(25)30)20-31(23-13-7-4-8-14-23)28(32)29-22-11-5-3-6-12-22/h9-10,15-19,22-23H,2-8,11-14,20H2,1H3,(H,29,32). The van der Waals surface area contributed by atoms with Crippen molar-refractivity contribution in [3.05, 3.63) is 48.0 Å². The van der Waals surface area contributed by atoms with Crippen LogP contribution in [0.5, 0.6) is 0 Å². The van der Waals surface area contributed by atoms with E-state index in [1.807, 2.05) is 0 Å². The van der Waals surface area contributed by atoms with Crippen LogP contribution in [0.4, 0.5) is 4.79 Å². The Kier molecular flexibility index (Phi) is 6.38. The predicted molar refractivity (Wildman–Crippen MR) is 133 cm³/mol. The highest BCUT2D eigenvalue weighted by Crippen LogP contribution is 2.31. The third kappa shape index (κ3) is 4.24. The van der Waals surface area contributed by atoms with Gasteiger partial charge in [0.05, 0.1) is 0 Å². The number of aromatic nitrogens is 1. The summed E-state index contributed by atoms with van der Waals surface area (Å²) in [5.74, 6) is 0. The Morgan fingerprint density at radius 1 is 0.906 bits per heavy atom. The van der Waals surface area contributed by atoms with Gasteiger partial charge in [-0.05, 0) is 56.4 Å². The lowest BCUT2D eigenvalue weighted by Crippen LogP contribution is -2.49. The number of carbonyl (C=O) groups excluding carboxylic acids is 1. The molecule has 1 aromatic heterocycles. The minimum Gasteiger partial charge on any atom is -0.341 e. The molecule has 5 rings (SSSR count). The van der Waals surface area contributed by atoms with Crippen LogP contribution in [0.2, 0.25) is 0 Å². The lowest BCUT2D eigenvalue weighted by atomic mass is 9.93. The van der Waals surface area contributed by atoms with Crippen molar-refractivity contribution in [1.29, 1.82) is 0 Å². The van der Waals surface area contributed by atoms with E-state index in [1.165, 1.54) is 65.9 Å². The molecule has 0 saturated heterocycles. The van der Waals surface area contributed by atoms with Gasteiger partial charge in [-0.3, -0.25) is 0 Å². The van der Waals surface area contributed by atoms with Crippen LogP contribution in [0.3, 0.4) is 0 Å². The largest absolute Gasteiger partial charge is 0.341 e. The van der Waals surface area contributed by atoms with Crippen LogP contribution in [0.15, 0.2) is 42.5 Å². The second-order valence-electron chi connectivity index (χ2n) is 9.82. The first-order valence-electron chi connectivity index (χ1n) is 12.8. The highest BCUT2D eigenvalue weighted by atomic mass is 16.2. The number of amides is 2. The molecule has 1 heterocycles. The number of fused-ring (bicyclic) bond motifs is 3. The van der Waals surface area contributed by atoms with Gasteiger partial charge >= 0.3 is 6.03 Å². The first kappa shape index (κ1) is 21.4. The predicted octanol–water partition coefficient (Wildman–Crippen LogP) is 6.99. The van der Waals surface area contributed by atoms with Gasteiger partial charge in [0.15, 0.2) is 0 Å². The van der Waals surface area contributed by atoms with Crippen LogP contribution in [0, 0.1) is 0 Å². The van der Waals surface area contributed by atoms with Gasteiger partial charge in [0, 0.05) is 47.0 Å².